The van der Waals surface area contributed by atoms with Crippen molar-refractivity contribution in [2.24, 2.45) is 5.73 Å². The molecule has 104 valence electrons. The molecule has 0 saturated carbocycles. The number of nitrogens with zero attached hydrogens (tertiary/aromatic N) is 3. The fourth-order valence-electron chi connectivity index (χ4n) is 2.12. The van der Waals surface area contributed by atoms with Crippen molar-refractivity contribution in [2.75, 3.05) is 0 Å². The number of hydrogen-bond acceptors (Lipinski definition) is 4. The molecule has 3 aromatic rings. The minimum absolute atomic E-state index is 0.0867. The summed E-state index contributed by atoms with van der Waals surface area (Å²) in [5.41, 5.74) is 7.75. The van der Waals surface area contributed by atoms with Crippen molar-refractivity contribution < 1.29 is 0 Å². The number of hydrogen-bond donors (Lipinski definition) is 1. The second-order valence-corrected chi connectivity index (χ2v) is 6.07. The van der Waals surface area contributed by atoms with Crippen molar-refractivity contribution in [3.8, 4) is 10.7 Å². The predicted molar refractivity (Wildman–Crippen MR) is 84.1 cm³/mol. The standard InChI is InChI=1S/C14H15ClN4S/c1-2-10(16)8-19-13-11(6-9(15)7-17-13)18-14(19)12-4-3-5-20-12/h3-7,10H,2,8,16H2,1H3. The number of imidazole rings is 1. The first-order valence-corrected chi connectivity index (χ1v) is 7.76. The van der Waals surface area contributed by atoms with Crippen LogP contribution in [0, 0.1) is 0 Å². The molecular weight excluding hydrogens is 292 g/mol. The maximum atomic E-state index is 6.11. The van der Waals surface area contributed by atoms with Gasteiger partial charge >= 0.3 is 0 Å². The van der Waals surface area contributed by atoms with Gasteiger partial charge in [-0.1, -0.05) is 24.6 Å². The minimum atomic E-state index is 0.0867. The third kappa shape index (κ3) is 2.44. The second-order valence-electron chi connectivity index (χ2n) is 4.69. The Balaban J connectivity index is 2.19. The fraction of sp³-hybridized carbons (Fsp3) is 0.286. The Morgan fingerprint density at radius 1 is 1.50 bits per heavy atom. The summed E-state index contributed by atoms with van der Waals surface area (Å²) in [4.78, 5) is 10.2. The molecule has 0 bridgehead atoms. The molecule has 0 aliphatic heterocycles. The Kier molecular flexibility index (Phi) is 3.74. The Bertz CT molecular complexity index is 720. The number of halogens is 1. The zero-order valence-corrected chi connectivity index (χ0v) is 12.7. The lowest BCUT2D eigenvalue weighted by Gasteiger charge is -2.12. The van der Waals surface area contributed by atoms with Crippen LogP contribution in [0.25, 0.3) is 21.9 Å². The predicted octanol–water partition coefficient (Wildman–Crippen LogP) is 3.55. The largest absolute Gasteiger partial charge is 0.326 e. The van der Waals surface area contributed by atoms with Crippen molar-refractivity contribution in [3.63, 3.8) is 0 Å². The summed E-state index contributed by atoms with van der Waals surface area (Å²) in [7, 11) is 0. The van der Waals surface area contributed by atoms with E-state index in [0.29, 0.717) is 11.6 Å². The minimum Gasteiger partial charge on any atom is -0.326 e. The van der Waals surface area contributed by atoms with Crippen molar-refractivity contribution in [1.82, 2.24) is 14.5 Å². The van der Waals surface area contributed by atoms with Crippen molar-refractivity contribution in [3.05, 3.63) is 34.8 Å². The molecule has 0 spiro atoms. The van der Waals surface area contributed by atoms with Gasteiger partial charge in [0.2, 0.25) is 0 Å². The Morgan fingerprint density at radius 2 is 2.35 bits per heavy atom. The summed E-state index contributed by atoms with van der Waals surface area (Å²) in [6.07, 6.45) is 2.56. The number of pyridine rings is 1. The molecule has 2 N–H and O–H groups in total. The lowest BCUT2D eigenvalue weighted by atomic mass is 10.2. The van der Waals surface area contributed by atoms with Crippen LogP contribution in [0.15, 0.2) is 29.8 Å². The zero-order chi connectivity index (χ0) is 14.1. The fourth-order valence-corrected chi connectivity index (χ4v) is 2.99. The molecule has 3 aromatic heterocycles. The van der Waals surface area contributed by atoms with Crippen LogP contribution >= 0.6 is 22.9 Å². The van der Waals surface area contributed by atoms with E-state index in [0.717, 1.165) is 28.3 Å². The van der Waals surface area contributed by atoms with Crippen molar-refractivity contribution in [1.29, 1.82) is 0 Å². The highest BCUT2D eigenvalue weighted by Crippen LogP contribution is 2.28. The first-order valence-electron chi connectivity index (χ1n) is 6.50. The first-order chi connectivity index (χ1) is 9.69. The topological polar surface area (TPSA) is 56.7 Å². The van der Waals surface area contributed by atoms with Crippen LogP contribution in [-0.4, -0.2) is 20.6 Å². The van der Waals surface area contributed by atoms with Gasteiger partial charge in [-0.2, -0.15) is 0 Å². The van der Waals surface area contributed by atoms with Crippen molar-refractivity contribution >= 4 is 34.1 Å². The highest BCUT2D eigenvalue weighted by Gasteiger charge is 2.16. The van der Waals surface area contributed by atoms with Gasteiger partial charge in [0, 0.05) is 18.8 Å². The van der Waals surface area contributed by atoms with Crippen LogP contribution < -0.4 is 5.73 Å². The smallest absolute Gasteiger partial charge is 0.160 e. The highest BCUT2D eigenvalue weighted by atomic mass is 35.5. The zero-order valence-electron chi connectivity index (χ0n) is 11.1. The molecule has 0 aliphatic rings. The molecule has 0 saturated heterocycles. The molecule has 0 fully saturated rings. The molecule has 4 nitrogen and oxygen atoms in total. The van der Waals surface area contributed by atoms with Gasteiger partial charge in [0.25, 0.3) is 0 Å². The summed E-state index contributed by atoms with van der Waals surface area (Å²) < 4.78 is 2.09. The number of rotatable bonds is 4. The van der Waals surface area contributed by atoms with E-state index in [4.69, 9.17) is 17.3 Å². The van der Waals surface area contributed by atoms with Gasteiger partial charge in [0.1, 0.15) is 5.52 Å². The first kappa shape index (κ1) is 13.5. The van der Waals surface area contributed by atoms with E-state index in [1.165, 1.54) is 0 Å². The maximum absolute atomic E-state index is 6.11. The number of nitrogens with two attached hydrogens (primary N) is 1. The van der Waals surface area contributed by atoms with E-state index < -0.39 is 0 Å². The molecule has 0 aliphatic carbocycles. The van der Waals surface area contributed by atoms with Crippen LogP contribution in [0.2, 0.25) is 5.02 Å². The molecule has 3 heterocycles. The van der Waals surface area contributed by atoms with Gasteiger partial charge in [-0.15, -0.1) is 11.3 Å². The van der Waals surface area contributed by atoms with Crippen LogP contribution in [0.4, 0.5) is 0 Å². The summed E-state index contributed by atoms with van der Waals surface area (Å²) in [6.45, 7) is 2.79. The van der Waals surface area contributed by atoms with E-state index in [9.17, 15) is 0 Å². The normalized spacial score (nSPS) is 12.9. The Hall–Kier alpha value is -1.43. The van der Waals surface area contributed by atoms with Gasteiger partial charge in [-0.3, -0.25) is 0 Å². The molecular formula is C14H15ClN4S. The van der Waals surface area contributed by atoms with Crippen LogP contribution in [0.1, 0.15) is 13.3 Å². The molecule has 0 aromatic carbocycles. The summed E-state index contributed by atoms with van der Waals surface area (Å²) >= 11 is 7.66. The lowest BCUT2D eigenvalue weighted by molar-refractivity contribution is 0.549. The SMILES string of the molecule is CCC(N)Cn1c(-c2cccs2)nc2cc(Cl)cnc21. The van der Waals surface area contributed by atoms with E-state index in [1.54, 1.807) is 17.5 Å². The lowest BCUT2D eigenvalue weighted by Crippen LogP contribution is -2.25. The average molecular weight is 307 g/mol. The third-order valence-corrected chi connectivity index (χ3v) is 4.31. The quantitative estimate of drug-likeness (QED) is 0.802. The highest BCUT2D eigenvalue weighted by molar-refractivity contribution is 7.13. The van der Waals surface area contributed by atoms with E-state index in [2.05, 4.69) is 27.5 Å². The third-order valence-electron chi connectivity index (χ3n) is 3.23. The number of thiophene rings is 1. The Labute approximate surface area is 126 Å². The molecule has 20 heavy (non-hydrogen) atoms. The molecule has 0 amide bonds. The molecule has 1 unspecified atom stereocenters. The molecule has 0 radical (unpaired) electrons. The van der Waals surface area contributed by atoms with Gasteiger partial charge in [0.15, 0.2) is 11.5 Å². The van der Waals surface area contributed by atoms with Crippen LogP contribution in [0.5, 0.6) is 0 Å². The Morgan fingerprint density at radius 3 is 3.05 bits per heavy atom. The van der Waals surface area contributed by atoms with E-state index >= 15 is 0 Å². The summed E-state index contributed by atoms with van der Waals surface area (Å²) in [5.74, 6) is 0.911. The number of aromatic nitrogens is 3. The van der Waals surface area contributed by atoms with Crippen molar-refractivity contribution in [2.45, 2.75) is 25.9 Å². The number of fused-ring (bicyclic) bond motifs is 1. The summed E-state index contributed by atoms with van der Waals surface area (Å²) in [6, 6.07) is 6.00. The van der Waals surface area contributed by atoms with Crippen LogP contribution in [-0.2, 0) is 6.54 Å². The molecule has 6 heteroatoms. The average Bonchev–Trinajstić information content (AvgIpc) is 3.06. The van der Waals surface area contributed by atoms with Crippen LogP contribution in [0.3, 0.4) is 0 Å². The monoisotopic (exact) mass is 306 g/mol. The van der Waals surface area contributed by atoms with Gasteiger partial charge in [-0.25, -0.2) is 9.97 Å². The van der Waals surface area contributed by atoms with Gasteiger partial charge < -0.3 is 10.3 Å². The summed E-state index contributed by atoms with van der Waals surface area (Å²) in [5, 5.41) is 2.64. The molecule has 3 rings (SSSR count). The molecule has 1 atom stereocenters. The van der Waals surface area contributed by atoms with Gasteiger partial charge in [-0.05, 0) is 23.9 Å². The van der Waals surface area contributed by atoms with E-state index in [1.807, 2.05) is 17.5 Å². The van der Waals surface area contributed by atoms with Gasteiger partial charge in [0.05, 0.1) is 9.90 Å². The second kappa shape index (κ2) is 5.52. The maximum Gasteiger partial charge on any atom is 0.160 e. The van der Waals surface area contributed by atoms with E-state index in [-0.39, 0.29) is 6.04 Å².